The highest BCUT2D eigenvalue weighted by molar-refractivity contribution is 7.85. The Bertz CT molecular complexity index is 463. The first kappa shape index (κ1) is 9.61. The first-order valence-corrected chi connectivity index (χ1v) is 5.70. The lowest BCUT2D eigenvalue weighted by Gasteiger charge is -2.04. The van der Waals surface area contributed by atoms with Crippen molar-refractivity contribution < 1.29 is 17.4 Å². The van der Waals surface area contributed by atoms with Gasteiger partial charge >= 0.3 is 0 Å². The van der Waals surface area contributed by atoms with Crippen LogP contribution in [0.3, 0.4) is 0 Å². The van der Waals surface area contributed by atoms with Crippen molar-refractivity contribution in [3.8, 4) is 0 Å². The van der Waals surface area contributed by atoms with E-state index in [4.69, 9.17) is 4.55 Å². The molecule has 1 aliphatic carbocycles. The summed E-state index contributed by atoms with van der Waals surface area (Å²) >= 11 is 0. The van der Waals surface area contributed by atoms with Crippen LogP contribution in [-0.4, -0.2) is 13.0 Å². The van der Waals surface area contributed by atoms with Crippen LogP contribution in [0.25, 0.3) is 0 Å². The minimum absolute atomic E-state index is 0.122. The lowest BCUT2D eigenvalue weighted by Crippen LogP contribution is -2.03. The zero-order valence-electron chi connectivity index (χ0n) is 7.27. The van der Waals surface area contributed by atoms with Gasteiger partial charge in [0.2, 0.25) is 0 Å². The molecule has 1 aliphatic rings. The van der Waals surface area contributed by atoms with E-state index in [1.165, 1.54) is 6.07 Å². The molecule has 76 valence electrons. The second-order valence-electron chi connectivity index (χ2n) is 3.41. The fourth-order valence-electron chi connectivity index (χ4n) is 1.44. The molecule has 14 heavy (non-hydrogen) atoms. The molecule has 0 amide bonds. The molecule has 1 N–H and O–H groups in total. The summed E-state index contributed by atoms with van der Waals surface area (Å²) in [5, 5.41) is 0. The zero-order chi connectivity index (χ0) is 10.3. The monoisotopic (exact) mass is 216 g/mol. The SMILES string of the molecule is O=S(=O)(O)c1cccc(C2CC2)c1F. The van der Waals surface area contributed by atoms with E-state index in [2.05, 4.69) is 0 Å². The van der Waals surface area contributed by atoms with Crippen LogP contribution in [0.15, 0.2) is 23.1 Å². The summed E-state index contributed by atoms with van der Waals surface area (Å²) in [6.07, 6.45) is 1.76. The van der Waals surface area contributed by atoms with Gasteiger partial charge in [-0.15, -0.1) is 0 Å². The van der Waals surface area contributed by atoms with Crippen LogP contribution in [0.1, 0.15) is 24.3 Å². The van der Waals surface area contributed by atoms with Crippen molar-refractivity contribution in [1.82, 2.24) is 0 Å². The molecule has 0 heterocycles. The molecule has 1 aromatic rings. The largest absolute Gasteiger partial charge is 0.297 e. The Kier molecular flexibility index (Phi) is 2.08. The van der Waals surface area contributed by atoms with Gasteiger partial charge in [0.05, 0.1) is 0 Å². The molecule has 5 heteroatoms. The van der Waals surface area contributed by atoms with Gasteiger partial charge in [0, 0.05) is 0 Å². The van der Waals surface area contributed by atoms with E-state index in [0.717, 1.165) is 18.9 Å². The molecule has 0 spiro atoms. The van der Waals surface area contributed by atoms with E-state index in [0.29, 0.717) is 5.56 Å². The molecule has 1 fully saturated rings. The Morgan fingerprint density at radius 2 is 2.00 bits per heavy atom. The van der Waals surface area contributed by atoms with Crippen molar-refractivity contribution in [2.75, 3.05) is 0 Å². The van der Waals surface area contributed by atoms with Gasteiger partial charge in [-0.05, 0) is 30.4 Å². The molecule has 2 rings (SSSR count). The fraction of sp³-hybridized carbons (Fsp3) is 0.333. The van der Waals surface area contributed by atoms with Crippen molar-refractivity contribution in [1.29, 1.82) is 0 Å². The first-order chi connectivity index (χ1) is 6.50. The predicted octanol–water partition coefficient (Wildman–Crippen LogP) is 1.95. The second-order valence-corrected chi connectivity index (χ2v) is 4.80. The van der Waals surface area contributed by atoms with Gasteiger partial charge in [0.1, 0.15) is 10.7 Å². The van der Waals surface area contributed by atoms with Gasteiger partial charge in [0.25, 0.3) is 10.1 Å². The van der Waals surface area contributed by atoms with Crippen molar-refractivity contribution >= 4 is 10.1 Å². The molecular formula is C9H9FO3S. The standard InChI is InChI=1S/C9H9FO3S/c10-9-7(6-4-5-6)2-1-3-8(9)14(11,12)13/h1-3,6H,4-5H2,(H,11,12,13). The number of hydrogen-bond donors (Lipinski definition) is 1. The van der Waals surface area contributed by atoms with Gasteiger partial charge in [-0.2, -0.15) is 8.42 Å². The minimum atomic E-state index is -4.44. The van der Waals surface area contributed by atoms with Crippen LogP contribution in [0.4, 0.5) is 4.39 Å². The summed E-state index contributed by atoms with van der Waals surface area (Å²) in [7, 11) is -4.44. The second kappa shape index (κ2) is 3.03. The average molecular weight is 216 g/mol. The van der Waals surface area contributed by atoms with E-state index >= 15 is 0 Å². The number of halogens is 1. The molecule has 3 nitrogen and oxygen atoms in total. The highest BCUT2D eigenvalue weighted by Crippen LogP contribution is 2.42. The highest BCUT2D eigenvalue weighted by Gasteiger charge is 2.29. The molecule has 0 unspecified atom stereocenters. The molecule has 1 aromatic carbocycles. The summed E-state index contributed by atoms with van der Waals surface area (Å²) < 4.78 is 43.8. The van der Waals surface area contributed by atoms with Crippen molar-refractivity contribution in [2.45, 2.75) is 23.7 Å². The molecule has 0 aromatic heterocycles. The highest BCUT2D eigenvalue weighted by atomic mass is 32.2. The van der Waals surface area contributed by atoms with E-state index in [-0.39, 0.29) is 5.92 Å². The van der Waals surface area contributed by atoms with Gasteiger partial charge in [-0.25, -0.2) is 4.39 Å². The van der Waals surface area contributed by atoms with Crippen LogP contribution in [0.2, 0.25) is 0 Å². The lowest BCUT2D eigenvalue weighted by molar-refractivity contribution is 0.472. The van der Waals surface area contributed by atoms with Crippen molar-refractivity contribution in [3.05, 3.63) is 29.6 Å². The Morgan fingerprint density at radius 3 is 2.50 bits per heavy atom. The smallest absolute Gasteiger partial charge is 0.282 e. The predicted molar refractivity (Wildman–Crippen MR) is 48.2 cm³/mol. The Morgan fingerprint density at radius 1 is 1.36 bits per heavy atom. The summed E-state index contributed by atoms with van der Waals surface area (Å²) in [6.45, 7) is 0. The maximum absolute atomic E-state index is 13.5. The average Bonchev–Trinajstić information content (AvgIpc) is 2.85. The molecule has 0 atom stereocenters. The van der Waals surface area contributed by atoms with E-state index < -0.39 is 20.8 Å². The molecule has 1 saturated carbocycles. The molecular weight excluding hydrogens is 207 g/mol. The van der Waals surface area contributed by atoms with Gasteiger partial charge in [0.15, 0.2) is 0 Å². The third kappa shape index (κ3) is 1.65. The number of hydrogen-bond acceptors (Lipinski definition) is 2. The zero-order valence-corrected chi connectivity index (χ0v) is 8.09. The Hall–Kier alpha value is -0.940. The van der Waals surface area contributed by atoms with Crippen molar-refractivity contribution in [2.24, 2.45) is 0 Å². The summed E-state index contributed by atoms with van der Waals surface area (Å²) in [5.74, 6) is -0.686. The summed E-state index contributed by atoms with van der Waals surface area (Å²) in [5.41, 5.74) is 0.389. The van der Waals surface area contributed by atoms with Crippen molar-refractivity contribution in [3.63, 3.8) is 0 Å². The molecule has 0 bridgehead atoms. The van der Waals surface area contributed by atoms with E-state index in [9.17, 15) is 12.8 Å². The third-order valence-electron chi connectivity index (χ3n) is 2.29. The lowest BCUT2D eigenvalue weighted by atomic mass is 10.1. The van der Waals surface area contributed by atoms with Gasteiger partial charge < -0.3 is 0 Å². The first-order valence-electron chi connectivity index (χ1n) is 4.26. The van der Waals surface area contributed by atoms with Crippen LogP contribution in [0, 0.1) is 5.82 Å². The van der Waals surface area contributed by atoms with E-state index in [1.807, 2.05) is 0 Å². The van der Waals surface area contributed by atoms with Crippen LogP contribution in [-0.2, 0) is 10.1 Å². The maximum Gasteiger partial charge on any atom is 0.297 e. The van der Waals surface area contributed by atoms with Crippen LogP contribution < -0.4 is 0 Å². The molecule has 0 aliphatic heterocycles. The van der Waals surface area contributed by atoms with Crippen LogP contribution >= 0.6 is 0 Å². The van der Waals surface area contributed by atoms with E-state index in [1.54, 1.807) is 6.07 Å². The fourth-order valence-corrected chi connectivity index (χ4v) is 2.03. The van der Waals surface area contributed by atoms with Gasteiger partial charge in [-0.1, -0.05) is 12.1 Å². The molecule has 0 radical (unpaired) electrons. The maximum atomic E-state index is 13.5. The summed E-state index contributed by atoms with van der Waals surface area (Å²) in [6, 6.07) is 4.07. The summed E-state index contributed by atoms with van der Waals surface area (Å²) in [4.78, 5) is -0.623. The quantitative estimate of drug-likeness (QED) is 0.769. The third-order valence-corrected chi connectivity index (χ3v) is 3.16. The topological polar surface area (TPSA) is 54.4 Å². The normalized spacial score (nSPS) is 17.0. The van der Waals surface area contributed by atoms with Crippen LogP contribution in [0.5, 0.6) is 0 Å². The molecule has 0 saturated heterocycles. The Labute approximate surface area is 81.3 Å². The number of benzene rings is 1. The Balaban J connectivity index is 2.57. The number of rotatable bonds is 2. The minimum Gasteiger partial charge on any atom is -0.282 e. The van der Waals surface area contributed by atoms with Gasteiger partial charge in [-0.3, -0.25) is 4.55 Å².